The topological polar surface area (TPSA) is 122 Å². The zero-order valence-corrected chi connectivity index (χ0v) is 11.5. The van der Waals surface area contributed by atoms with E-state index in [0.29, 0.717) is 0 Å². The third-order valence-corrected chi connectivity index (χ3v) is 3.63. The van der Waals surface area contributed by atoms with Crippen molar-refractivity contribution in [2.75, 3.05) is 11.1 Å². The summed E-state index contributed by atoms with van der Waals surface area (Å²) in [5.74, 6) is -0.568. The first-order chi connectivity index (χ1) is 9.81. The monoisotopic (exact) mass is 306 g/mol. The van der Waals surface area contributed by atoms with Crippen LogP contribution in [0.1, 0.15) is 5.56 Å². The van der Waals surface area contributed by atoms with Crippen LogP contribution in [0.15, 0.2) is 41.3 Å². The second-order valence-corrected chi connectivity index (χ2v) is 5.76. The van der Waals surface area contributed by atoms with E-state index in [9.17, 15) is 12.8 Å². The Morgan fingerprint density at radius 3 is 2.43 bits per heavy atom. The summed E-state index contributed by atoms with van der Waals surface area (Å²) in [7, 11) is -4.00. The van der Waals surface area contributed by atoms with E-state index >= 15 is 0 Å². The van der Waals surface area contributed by atoms with Crippen molar-refractivity contribution < 1.29 is 12.8 Å². The van der Waals surface area contributed by atoms with Gasteiger partial charge in [0.25, 0.3) is 0 Å². The van der Waals surface area contributed by atoms with Crippen LogP contribution in [0.5, 0.6) is 0 Å². The molecule has 0 heterocycles. The molecule has 2 rings (SSSR count). The molecule has 2 aromatic carbocycles. The van der Waals surface area contributed by atoms with Gasteiger partial charge in [0.1, 0.15) is 16.8 Å². The number of hydrogen-bond acceptors (Lipinski definition) is 5. The molecular formula is C13H11FN4O2S. The summed E-state index contributed by atoms with van der Waals surface area (Å²) < 4.78 is 36.2. The van der Waals surface area contributed by atoms with Crippen molar-refractivity contribution >= 4 is 27.1 Å². The third-order valence-electron chi connectivity index (χ3n) is 2.68. The van der Waals surface area contributed by atoms with Crippen LogP contribution in [0.4, 0.5) is 21.5 Å². The predicted octanol–water partition coefficient (Wildman–Crippen LogP) is 1.67. The highest BCUT2D eigenvalue weighted by atomic mass is 32.2. The molecule has 0 aliphatic heterocycles. The molecule has 0 saturated carbocycles. The molecule has 0 aromatic heterocycles. The molecule has 2 aromatic rings. The van der Waals surface area contributed by atoms with Gasteiger partial charge in [-0.2, -0.15) is 5.26 Å². The Kier molecular flexibility index (Phi) is 3.80. The number of hydrogen-bond donors (Lipinski definition) is 3. The number of rotatable bonds is 3. The summed E-state index contributed by atoms with van der Waals surface area (Å²) in [5.41, 5.74) is 6.21. The van der Waals surface area contributed by atoms with Gasteiger partial charge in [0.2, 0.25) is 10.0 Å². The molecule has 8 heteroatoms. The molecule has 0 saturated heterocycles. The zero-order chi connectivity index (χ0) is 15.6. The van der Waals surface area contributed by atoms with Crippen LogP contribution < -0.4 is 16.2 Å². The minimum atomic E-state index is -4.00. The number of nitrogens with one attached hydrogen (secondary N) is 1. The maximum Gasteiger partial charge on any atom is 0.240 e. The minimum absolute atomic E-state index is 0.0344. The standard InChI is InChI=1S/C13H11FN4O2S/c14-9-1-3-11(8(5-9)7-15)18-12-4-2-10(16)6-13(12)21(17,19)20/h1-6,18H,16H2,(H2,17,19,20). The smallest absolute Gasteiger partial charge is 0.240 e. The fourth-order valence-corrected chi connectivity index (χ4v) is 2.47. The van der Waals surface area contributed by atoms with Gasteiger partial charge in [-0.25, -0.2) is 17.9 Å². The number of sulfonamides is 1. The lowest BCUT2D eigenvalue weighted by Crippen LogP contribution is -2.14. The molecule has 0 bridgehead atoms. The van der Waals surface area contributed by atoms with E-state index < -0.39 is 15.8 Å². The maximum absolute atomic E-state index is 13.1. The molecule has 0 aliphatic rings. The summed E-state index contributed by atoms with van der Waals surface area (Å²) in [6.45, 7) is 0. The fourth-order valence-electron chi connectivity index (χ4n) is 1.74. The summed E-state index contributed by atoms with van der Waals surface area (Å²) in [6.07, 6.45) is 0. The van der Waals surface area contributed by atoms with Crippen LogP contribution in [-0.4, -0.2) is 8.42 Å². The van der Waals surface area contributed by atoms with Crippen molar-refractivity contribution in [3.8, 4) is 6.07 Å². The second-order valence-electron chi connectivity index (χ2n) is 4.23. The van der Waals surface area contributed by atoms with Gasteiger partial charge < -0.3 is 11.1 Å². The van der Waals surface area contributed by atoms with Gasteiger partial charge in [0.15, 0.2) is 0 Å². The van der Waals surface area contributed by atoms with Crippen LogP contribution in [-0.2, 0) is 10.0 Å². The molecule has 0 atom stereocenters. The minimum Gasteiger partial charge on any atom is -0.399 e. The third kappa shape index (κ3) is 3.28. The number of halogens is 1. The first kappa shape index (κ1) is 14.8. The normalized spacial score (nSPS) is 10.9. The molecule has 21 heavy (non-hydrogen) atoms. The highest BCUT2D eigenvalue weighted by molar-refractivity contribution is 7.89. The Balaban J connectivity index is 2.53. The SMILES string of the molecule is N#Cc1cc(F)ccc1Nc1ccc(N)cc1S(N)(=O)=O. The number of benzene rings is 2. The van der Waals surface area contributed by atoms with Crippen molar-refractivity contribution in [2.45, 2.75) is 4.90 Å². The fraction of sp³-hybridized carbons (Fsp3) is 0. The van der Waals surface area contributed by atoms with Crippen LogP contribution in [0, 0.1) is 17.1 Å². The first-order valence-corrected chi connectivity index (χ1v) is 7.25. The largest absolute Gasteiger partial charge is 0.399 e. The van der Waals surface area contributed by atoms with E-state index in [4.69, 9.17) is 16.1 Å². The number of nitrogen functional groups attached to an aromatic ring is 1. The lowest BCUT2D eigenvalue weighted by atomic mass is 10.1. The molecule has 5 N–H and O–H groups in total. The van der Waals surface area contributed by atoms with Gasteiger partial charge in [-0.15, -0.1) is 0 Å². The number of primary sulfonamides is 1. The van der Waals surface area contributed by atoms with E-state index in [1.165, 1.54) is 24.3 Å². The Morgan fingerprint density at radius 1 is 1.14 bits per heavy atom. The van der Waals surface area contributed by atoms with Crippen LogP contribution in [0.3, 0.4) is 0 Å². The van der Waals surface area contributed by atoms with Gasteiger partial charge >= 0.3 is 0 Å². The molecule has 108 valence electrons. The summed E-state index contributed by atoms with van der Waals surface area (Å²) in [5, 5.41) is 16.9. The van der Waals surface area contributed by atoms with Gasteiger partial charge in [-0.1, -0.05) is 0 Å². The van der Waals surface area contributed by atoms with Gasteiger partial charge in [0.05, 0.1) is 16.9 Å². The average Bonchev–Trinajstić information content (AvgIpc) is 2.41. The summed E-state index contributed by atoms with van der Waals surface area (Å²) in [4.78, 5) is -0.212. The molecule has 0 spiro atoms. The van der Waals surface area contributed by atoms with E-state index in [1.807, 2.05) is 6.07 Å². The van der Waals surface area contributed by atoms with Gasteiger partial charge in [0, 0.05) is 5.69 Å². The second kappa shape index (κ2) is 5.40. The van der Waals surface area contributed by atoms with E-state index in [-0.39, 0.29) is 27.5 Å². The quantitative estimate of drug-likeness (QED) is 0.744. The molecule has 0 unspecified atom stereocenters. The van der Waals surface area contributed by atoms with Gasteiger partial charge in [-0.05, 0) is 36.4 Å². The average molecular weight is 306 g/mol. The van der Waals surface area contributed by atoms with Crippen molar-refractivity contribution in [1.29, 1.82) is 5.26 Å². The predicted molar refractivity (Wildman–Crippen MR) is 76.6 cm³/mol. The van der Waals surface area contributed by atoms with Crippen molar-refractivity contribution in [1.82, 2.24) is 0 Å². The van der Waals surface area contributed by atoms with E-state index in [2.05, 4.69) is 5.32 Å². The molecular weight excluding hydrogens is 295 g/mol. The number of anilines is 3. The lowest BCUT2D eigenvalue weighted by molar-refractivity contribution is 0.598. The number of nitriles is 1. The van der Waals surface area contributed by atoms with Crippen LogP contribution in [0.2, 0.25) is 0 Å². The zero-order valence-electron chi connectivity index (χ0n) is 10.7. The number of nitrogens with two attached hydrogens (primary N) is 2. The Labute approximate surface area is 120 Å². The van der Waals surface area contributed by atoms with Crippen LogP contribution in [0.25, 0.3) is 0 Å². The molecule has 0 fully saturated rings. The summed E-state index contributed by atoms with van der Waals surface area (Å²) in [6, 6.07) is 9.43. The first-order valence-electron chi connectivity index (χ1n) is 5.70. The highest BCUT2D eigenvalue weighted by Crippen LogP contribution is 2.28. The van der Waals surface area contributed by atoms with E-state index in [0.717, 1.165) is 12.1 Å². The van der Waals surface area contributed by atoms with Crippen molar-refractivity contribution in [3.05, 3.63) is 47.8 Å². The Morgan fingerprint density at radius 2 is 1.81 bits per heavy atom. The highest BCUT2D eigenvalue weighted by Gasteiger charge is 2.15. The molecule has 0 amide bonds. The van der Waals surface area contributed by atoms with Gasteiger partial charge in [-0.3, -0.25) is 0 Å². The maximum atomic E-state index is 13.1. The summed E-state index contributed by atoms with van der Waals surface area (Å²) >= 11 is 0. The van der Waals surface area contributed by atoms with Crippen molar-refractivity contribution in [3.63, 3.8) is 0 Å². The molecule has 0 radical (unpaired) electrons. The van der Waals surface area contributed by atoms with E-state index in [1.54, 1.807) is 0 Å². The lowest BCUT2D eigenvalue weighted by Gasteiger charge is -2.12. The Bertz CT molecular complexity index is 844. The Hall–Kier alpha value is -2.63. The molecule has 0 aliphatic carbocycles. The number of nitrogens with zero attached hydrogens (tertiary/aromatic N) is 1. The van der Waals surface area contributed by atoms with Crippen LogP contribution >= 0.6 is 0 Å². The van der Waals surface area contributed by atoms with Crippen molar-refractivity contribution in [2.24, 2.45) is 5.14 Å². The molecule has 6 nitrogen and oxygen atoms in total.